The van der Waals surface area contributed by atoms with Crippen LogP contribution in [0.1, 0.15) is 43.0 Å². The summed E-state index contributed by atoms with van der Waals surface area (Å²) in [6, 6.07) is 20.9. The molecule has 0 unspecified atom stereocenters. The molecule has 0 fully saturated rings. The van der Waals surface area contributed by atoms with E-state index in [1.54, 1.807) is 13.1 Å². The molecule has 0 amide bonds. The lowest BCUT2D eigenvalue weighted by Crippen LogP contribution is -2.18. The van der Waals surface area contributed by atoms with Gasteiger partial charge in [0.1, 0.15) is 5.25 Å². The highest BCUT2D eigenvalue weighted by Gasteiger charge is 2.21. The number of ether oxygens (including phenoxy) is 1. The summed E-state index contributed by atoms with van der Waals surface area (Å²) in [5, 5.41) is 10.2. The first-order valence-electron chi connectivity index (χ1n) is 10.2. The number of carbonyl (C=O) groups excluding carboxylic acids is 1. The third-order valence-electron chi connectivity index (χ3n) is 5.01. The molecule has 3 rings (SSSR count). The molecule has 0 saturated carbocycles. The van der Waals surface area contributed by atoms with Gasteiger partial charge >= 0.3 is 5.97 Å². The molecule has 158 valence electrons. The number of thioether (sulfide) groups is 1. The standard InChI is InChI=1S/C24H28N2O3S/c1-3-29-23(28)18(2)30-24-25-16-21(17-27)26(24)15-14-22(19-10-6-4-7-11-19)20-12-8-5-9-13-20/h4-13,16,18,22,27H,3,14-15,17H2,1-2H3/t18-/m0/s1. The number of aromatic nitrogens is 2. The predicted molar refractivity (Wildman–Crippen MR) is 119 cm³/mol. The maximum atomic E-state index is 12.0. The maximum absolute atomic E-state index is 12.0. The van der Waals surface area contributed by atoms with Crippen molar-refractivity contribution in [1.82, 2.24) is 9.55 Å². The van der Waals surface area contributed by atoms with Crippen LogP contribution in [0.5, 0.6) is 0 Å². The number of aliphatic hydroxyl groups excluding tert-OH is 1. The molecule has 3 aromatic rings. The lowest BCUT2D eigenvalue weighted by Gasteiger charge is -2.20. The van der Waals surface area contributed by atoms with Gasteiger partial charge in [-0.2, -0.15) is 0 Å². The number of hydrogen-bond donors (Lipinski definition) is 1. The van der Waals surface area contributed by atoms with Crippen molar-refractivity contribution in [2.75, 3.05) is 6.61 Å². The second-order valence-electron chi connectivity index (χ2n) is 7.02. The van der Waals surface area contributed by atoms with Crippen LogP contribution < -0.4 is 0 Å². The van der Waals surface area contributed by atoms with Crippen molar-refractivity contribution >= 4 is 17.7 Å². The minimum atomic E-state index is -0.364. The number of imidazole rings is 1. The van der Waals surface area contributed by atoms with Crippen molar-refractivity contribution in [3.05, 3.63) is 83.7 Å². The van der Waals surface area contributed by atoms with Gasteiger partial charge in [0, 0.05) is 12.5 Å². The Bertz CT molecular complexity index is 889. The van der Waals surface area contributed by atoms with Crippen molar-refractivity contribution in [2.24, 2.45) is 0 Å². The quantitative estimate of drug-likeness (QED) is 0.379. The van der Waals surface area contributed by atoms with E-state index in [0.29, 0.717) is 13.2 Å². The van der Waals surface area contributed by atoms with Crippen LogP contribution in [-0.2, 0) is 22.7 Å². The monoisotopic (exact) mass is 424 g/mol. The summed E-state index contributed by atoms with van der Waals surface area (Å²) in [4.78, 5) is 16.5. The Kier molecular flexibility index (Phi) is 8.11. The van der Waals surface area contributed by atoms with E-state index in [4.69, 9.17) is 4.74 Å². The van der Waals surface area contributed by atoms with Crippen LogP contribution >= 0.6 is 11.8 Å². The Morgan fingerprint density at radius 1 is 1.10 bits per heavy atom. The molecule has 5 nitrogen and oxygen atoms in total. The lowest BCUT2D eigenvalue weighted by molar-refractivity contribution is -0.142. The summed E-state index contributed by atoms with van der Waals surface area (Å²) < 4.78 is 7.13. The molecule has 6 heteroatoms. The maximum Gasteiger partial charge on any atom is 0.319 e. The zero-order valence-electron chi connectivity index (χ0n) is 17.4. The normalized spacial score (nSPS) is 12.1. The summed E-state index contributed by atoms with van der Waals surface area (Å²) in [7, 11) is 0. The molecule has 0 radical (unpaired) electrons. The van der Waals surface area contributed by atoms with E-state index in [-0.39, 0.29) is 23.7 Å². The highest BCUT2D eigenvalue weighted by Crippen LogP contribution is 2.31. The highest BCUT2D eigenvalue weighted by molar-refractivity contribution is 8.00. The third-order valence-corrected chi connectivity index (χ3v) is 6.09. The molecule has 2 aromatic carbocycles. The van der Waals surface area contributed by atoms with Crippen LogP contribution in [0.2, 0.25) is 0 Å². The number of rotatable bonds is 10. The van der Waals surface area contributed by atoms with E-state index in [9.17, 15) is 9.90 Å². The van der Waals surface area contributed by atoms with Gasteiger partial charge in [0.05, 0.1) is 25.1 Å². The van der Waals surface area contributed by atoms with Crippen molar-refractivity contribution < 1.29 is 14.6 Å². The minimum absolute atomic E-state index is 0.0946. The molecule has 0 saturated heterocycles. The topological polar surface area (TPSA) is 64.3 Å². The molecule has 1 N–H and O–H groups in total. The van der Waals surface area contributed by atoms with Crippen LogP contribution in [0.4, 0.5) is 0 Å². The van der Waals surface area contributed by atoms with Gasteiger partial charge in [0.15, 0.2) is 5.16 Å². The van der Waals surface area contributed by atoms with Crippen LogP contribution in [0.25, 0.3) is 0 Å². The zero-order valence-corrected chi connectivity index (χ0v) is 18.2. The fourth-order valence-corrected chi connectivity index (χ4v) is 4.40. The number of hydrogen-bond acceptors (Lipinski definition) is 5. The van der Waals surface area contributed by atoms with E-state index in [0.717, 1.165) is 17.3 Å². The third kappa shape index (κ3) is 5.52. The van der Waals surface area contributed by atoms with Gasteiger partial charge in [-0.05, 0) is 31.4 Å². The largest absolute Gasteiger partial charge is 0.465 e. The minimum Gasteiger partial charge on any atom is -0.465 e. The summed E-state index contributed by atoms with van der Waals surface area (Å²) in [6.07, 6.45) is 2.53. The first kappa shape index (κ1) is 22.1. The smallest absolute Gasteiger partial charge is 0.319 e. The lowest BCUT2D eigenvalue weighted by atomic mass is 9.88. The summed E-state index contributed by atoms with van der Waals surface area (Å²) >= 11 is 1.36. The molecule has 1 atom stereocenters. The molecular weight excluding hydrogens is 396 g/mol. The average Bonchev–Trinajstić information content (AvgIpc) is 3.17. The number of esters is 1. The van der Waals surface area contributed by atoms with Crippen LogP contribution in [0.15, 0.2) is 72.0 Å². The molecule has 1 aromatic heterocycles. The van der Waals surface area contributed by atoms with E-state index >= 15 is 0 Å². The van der Waals surface area contributed by atoms with Gasteiger partial charge in [0.25, 0.3) is 0 Å². The van der Waals surface area contributed by atoms with E-state index in [2.05, 4.69) is 53.5 Å². The summed E-state index contributed by atoms with van der Waals surface area (Å²) in [5.41, 5.74) is 3.25. The number of benzene rings is 2. The zero-order chi connectivity index (χ0) is 21.3. The number of nitrogens with zero attached hydrogens (tertiary/aromatic N) is 2. The fourth-order valence-electron chi connectivity index (χ4n) is 3.47. The van der Waals surface area contributed by atoms with Gasteiger partial charge in [-0.15, -0.1) is 0 Å². The highest BCUT2D eigenvalue weighted by atomic mass is 32.2. The Morgan fingerprint density at radius 3 is 2.23 bits per heavy atom. The van der Waals surface area contributed by atoms with Crippen molar-refractivity contribution in [3.63, 3.8) is 0 Å². The Balaban J connectivity index is 1.82. The van der Waals surface area contributed by atoms with Crippen LogP contribution in [-0.4, -0.2) is 32.5 Å². The molecule has 1 heterocycles. The molecule has 0 aliphatic heterocycles. The Labute approximate surface area is 182 Å². The molecule has 0 spiro atoms. The second-order valence-corrected chi connectivity index (χ2v) is 8.32. The Morgan fingerprint density at radius 2 is 1.70 bits per heavy atom. The van der Waals surface area contributed by atoms with Crippen molar-refractivity contribution in [1.29, 1.82) is 0 Å². The first-order chi connectivity index (χ1) is 14.6. The average molecular weight is 425 g/mol. The first-order valence-corrected chi connectivity index (χ1v) is 11.1. The molecule has 30 heavy (non-hydrogen) atoms. The molecule has 0 aliphatic carbocycles. The van der Waals surface area contributed by atoms with Gasteiger partial charge in [-0.25, -0.2) is 4.98 Å². The predicted octanol–water partition coefficient (Wildman–Crippen LogP) is 4.64. The van der Waals surface area contributed by atoms with Gasteiger partial charge < -0.3 is 14.4 Å². The fraction of sp³-hybridized carbons (Fsp3) is 0.333. The Hall–Kier alpha value is -2.57. The molecule has 0 bridgehead atoms. The summed E-state index contributed by atoms with van der Waals surface area (Å²) in [6.45, 7) is 4.56. The van der Waals surface area contributed by atoms with Crippen molar-refractivity contribution in [2.45, 2.75) is 49.7 Å². The van der Waals surface area contributed by atoms with E-state index < -0.39 is 0 Å². The van der Waals surface area contributed by atoms with Gasteiger partial charge in [-0.3, -0.25) is 4.79 Å². The van der Waals surface area contributed by atoms with Crippen LogP contribution in [0, 0.1) is 0 Å². The van der Waals surface area contributed by atoms with Crippen molar-refractivity contribution in [3.8, 4) is 0 Å². The number of aliphatic hydroxyl groups is 1. The van der Waals surface area contributed by atoms with E-state index in [1.807, 2.05) is 23.6 Å². The van der Waals surface area contributed by atoms with E-state index in [1.165, 1.54) is 22.9 Å². The SMILES string of the molecule is CCOC(=O)[C@H](C)Sc1ncc(CO)n1CCC(c1ccccc1)c1ccccc1. The second kappa shape index (κ2) is 11.0. The van der Waals surface area contributed by atoms with Gasteiger partial charge in [-0.1, -0.05) is 72.4 Å². The van der Waals surface area contributed by atoms with Crippen LogP contribution in [0.3, 0.4) is 0 Å². The number of carbonyl (C=O) groups is 1. The van der Waals surface area contributed by atoms with Gasteiger partial charge in [0.2, 0.25) is 0 Å². The molecule has 0 aliphatic rings. The summed E-state index contributed by atoms with van der Waals surface area (Å²) in [5.74, 6) is -0.0317. The molecular formula is C24H28N2O3S.